The summed E-state index contributed by atoms with van der Waals surface area (Å²) in [5.74, 6) is 3.10. The molecule has 3 heterocycles. The molecule has 2 aliphatic rings. The summed E-state index contributed by atoms with van der Waals surface area (Å²) in [6.07, 6.45) is 8.25. The molecule has 4 rings (SSSR count). The Labute approximate surface area is 180 Å². The van der Waals surface area contributed by atoms with Gasteiger partial charge in [0.05, 0.1) is 6.04 Å². The van der Waals surface area contributed by atoms with Crippen molar-refractivity contribution in [1.29, 1.82) is 0 Å². The van der Waals surface area contributed by atoms with Crippen molar-refractivity contribution < 1.29 is 0 Å². The van der Waals surface area contributed by atoms with Crippen molar-refractivity contribution in [3.8, 4) is 0 Å². The van der Waals surface area contributed by atoms with Gasteiger partial charge in [-0.3, -0.25) is 9.89 Å². The van der Waals surface area contributed by atoms with Gasteiger partial charge in [0.15, 0.2) is 5.96 Å². The van der Waals surface area contributed by atoms with Crippen LogP contribution >= 0.6 is 0 Å². The van der Waals surface area contributed by atoms with Gasteiger partial charge in [-0.25, -0.2) is 0 Å². The monoisotopic (exact) mass is 409 g/mol. The van der Waals surface area contributed by atoms with E-state index in [9.17, 15) is 0 Å². The topological polar surface area (TPSA) is 70.4 Å². The number of nitrogens with one attached hydrogen (secondary N) is 2. The molecule has 2 aromatic rings. The average Bonchev–Trinajstić information content (AvgIpc) is 3.38. The lowest BCUT2D eigenvalue weighted by Gasteiger charge is -2.29. The van der Waals surface area contributed by atoms with E-state index in [1.165, 1.54) is 50.8 Å². The van der Waals surface area contributed by atoms with Gasteiger partial charge in [0.2, 0.25) is 0 Å². The summed E-state index contributed by atoms with van der Waals surface area (Å²) in [4.78, 5) is 7.02. The predicted octanol–water partition coefficient (Wildman–Crippen LogP) is 2.55. The standard InChI is InChI=1S/C23H35N7/c1-24-23(25-14-13-22-28-27-21-12-6-3-7-17-30(21)22)26-18-20(29-15-8-9-16-29)19-10-4-2-5-11-19/h2,4-5,10-11,20H,3,6-9,12-18H2,1H3,(H2,24,25,26). The number of rotatable bonds is 7. The lowest BCUT2D eigenvalue weighted by molar-refractivity contribution is 0.245. The van der Waals surface area contributed by atoms with Crippen molar-refractivity contribution in [3.63, 3.8) is 0 Å². The highest BCUT2D eigenvalue weighted by atomic mass is 15.3. The molecule has 1 saturated heterocycles. The number of likely N-dealkylation sites (tertiary alicyclic amines) is 1. The highest BCUT2D eigenvalue weighted by Crippen LogP contribution is 2.24. The highest BCUT2D eigenvalue weighted by Gasteiger charge is 2.23. The number of fused-ring (bicyclic) bond motifs is 1. The van der Waals surface area contributed by atoms with Gasteiger partial charge in [-0.05, 0) is 44.3 Å². The number of aryl methyl sites for hydroxylation is 1. The Morgan fingerprint density at radius 2 is 1.80 bits per heavy atom. The van der Waals surface area contributed by atoms with Gasteiger partial charge in [0.25, 0.3) is 0 Å². The third kappa shape index (κ3) is 5.19. The molecule has 7 heteroatoms. The van der Waals surface area contributed by atoms with Gasteiger partial charge in [-0.15, -0.1) is 10.2 Å². The lowest BCUT2D eigenvalue weighted by atomic mass is 10.1. The average molecular weight is 410 g/mol. The van der Waals surface area contributed by atoms with Crippen LogP contribution < -0.4 is 10.6 Å². The van der Waals surface area contributed by atoms with Crippen LogP contribution in [0.1, 0.15) is 55.4 Å². The number of benzene rings is 1. The van der Waals surface area contributed by atoms with Gasteiger partial charge >= 0.3 is 0 Å². The molecular formula is C23H35N7. The molecule has 0 radical (unpaired) electrons. The number of aliphatic imine (C=N–C) groups is 1. The molecule has 30 heavy (non-hydrogen) atoms. The fourth-order valence-electron chi connectivity index (χ4n) is 4.62. The Hall–Kier alpha value is -2.41. The molecule has 1 atom stereocenters. The summed E-state index contributed by atoms with van der Waals surface area (Å²) in [6.45, 7) is 5.05. The van der Waals surface area contributed by atoms with E-state index in [1.807, 2.05) is 7.05 Å². The molecule has 1 fully saturated rings. The molecule has 0 aliphatic carbocycles. The maximum atomic E-state index is 4.43. The van der Waals surface area contributed by atoms with Crippen molar-refractivity contribution in [2.75, 3.05) is 33.2 Å². The van der Waals surface area contributed by atoms with Crippen LogP contribution in [-0.2, 0) is 19.4 Å². The third-order valence-electron chi connectivity index (χ3n) is 6.28. The number of aromatic nitrogens is 3. The van der Waals surface area contributed by atoms with E-state index in [0.717, 1.165) is 50.1 Å². The van der Waals surface area contributed by atoms with Crippen LogP contribution in [-0.4, -0.2) is 58.9 Å². The molecule has 2 N–H and O–H groups in total. The quantitative estimate of drug-likeness (QED) is 0.543. The predicted molar refractivity (Wildman–Crippen MR) is 121 cm³/mol. The SMILES string of the molecule is CN=C(NCCc1nnc2n1CCCCC2)NCC(c1ccccc1)N1CCCC1. The van der Waals surface area contributed by atoms with Crippen LogP contribution in [0.15, 0.2) is 35.3 Å². The molecule has 162 valence electrons. The number of guanidine groups is 1. The fourth-order valence-corrected chi connectivity index (χ4v) is 4.62. The molecule has 1 aromatic heterocycles. The Morgan fingerprint density at radius 1 is 1.00 bits per heavy atom. The van der Waals surface area contributed by atoms with Crippen molar-refractivity contribution in [2.45, 2.75) is 57.5 Å². The minimum atomic E-state index is 0.375. The van der Waals surface area contributed by atoms with Gasteiger partial charge < -0.3 is 15.2 Å². The van der Waals surface area contributed by atoms with Gasteiger partial charge in [-0.1, -0.05) is 36.8 Å². The molecule has 2 aliphatic heterocycles. The Bertz CT molecular complexity index is 808. The second-order valence-electron chi connectivity index (χ2n) is 8.29. The Balaban J connectivity index is 1.30. The molecular weight excluding hydrogens is 374 g/mol. The van der Waals surface area contributed by atoms with Gasteiger partial charge in [0.1, 0.15) is 11.6 Å². The van der Waals surface area contributed by atoms with Crippen LogP contribution in [0.2, 0.25) is 0 Å². The van der Waals surface area contributed by atoms with Crippen LogP contribution in [0.3, 0.4) is 0 Å². The van der Waals surface area contributed by atoms with Gasteiger partial charge in [-0.2, -0.15) is 0 Å². The smallest absolute Gasteiger partial charge is 0.191 e. The molecule has 1 unspecified atom stereocenters. The number of nitrogens with zero attached hydrogens (tertiary/aromatic N) is 5. The van der Waals surface area contributed by atoms with Crippen molar-refractivity contribution in [3.05, 3.63) is 47.5 Å². The minimum absolute atomic E-state index is 0.375. The molecule has 1 aromatic carbocycles. The van der Waals surface area contributed by atoms with Crippen LogP contribution in [0.25, 0.3) is 0 Å². The van der Waals surface area contributed by atoms with E-state index in [-0.39, 0.29) is 0 Å². The van der Waals surface area contributed by atoms with Crippen molar-refractivity contribution in [1.82, 2.24) is 30.3 Å². The molecule has 7 nitrogen and oxygen atoms in total. The largest absolute Gasteiger partial charge is 0.356 e. The minimum Gasteiger partial charge on any atom is -0.356 e. The van der Waals surface area contributed by atoms with E-state index in [1.54, 1.807) is 0 Å². The first-order valence-corrected chi connectivity index (χ1v) is 11.5. The van der Waals surface area contributed by atoms with E-state index < -0.39 is 0 Å². The zero-order valence-electron chi connectivity index (χ0n) is 18.2. The highest BCUT2D eigenvalue weighted by molar-refractivity contribution is 5.79. The molecule has 0 bridgehead atoms. The van der Waals surface area contributed by atoms with Gasteiger partial charge in [0, 0.05) is 39.5 Å². The van der Waals surface area contributed by atoms with Crippen LogP contribution in [0.4, 0.5) is 0 Å². The lowest BCUT2D eigenvalue weighted by Crippen LogP contribution is -2.43. The summed E-state index contributed by atoms with van der Waals surface area (Å²) in [5, 5.41) is 15.9. The molecule has 0 spiro atoms. The number of hydrogen-bond donors (Lipinski definition) is 2. The first kappa shape index (κ1) is 20.8. The van der Waals surface area contributed by atoms with Crippen molar-refractivity contribution >= 4 is 5.96 Å². The van der Waals surface area contributed by atoms with E-state index in [2.05, 4.69) is 65.6 Å². The zero-order chi connectivity index (χ0) is 20.6. The zero-order valence-corrected chi connectivity index (χ0v) is 18.2. The summed E-state index contributed by atoms with van der Waals surface area (Å²) in [7, 11) is 1.84. The fraction of sp³-hybridized carbons (Fsp3) is 0.609. The first-order valence-electron chi connectivity index (χ1n) is 11.5. The molecule has 0 amide bonds. The maximum Gasteiger partial charge on any atom is 0.191 e. The summed E-state index contributed by atoms with van der Waals surface area (Å²) < 4.78 is 2.32. The van der Waals surface area contributed by atoms with E-state index in [0.29, 0.717) is 6.04 Å². The second-order valence-corrected chi connectivity index (χ2v) is 8.29. The van der Waals surface area contributed by atoms with E-state index in [4.69, 9.17) is 0 Å². The summed E-state index contributed by atoms with van der Waals surface area (Å²) in [6, 6.07) is 11.2. The van der Waals surface area contributed by atoms with E-state index >= 15 is 0 Å². The maximum absolute atomic E-state index is 4.43. The number of hydrogen-bond acceptors (Lipinski definition) is 4. The summed E-state index contributed by atoms with van der Waals surface area (Å²) >= 11 is 0. The second kappa shape index (κ2) is 10.6. The first-order chi connectivity index (χ1) is 14.8. The van der Waals surface area contributed by atoms with Crippen LogP contribution in [0.5, 0.6) is 0 Å². The van der Waals surface area contributed by atoms with Crippen molar-refractivity contribution in [2.24, 2.45) is 4.99 Å². The van der Waals surface area contributed by atoms with Crippen LogP contribution in [0, 0.1) is 0 Å². The third-order valence-corrected chi connectivity index (χ3v) is 6.28. The normalized spacial score (nSPS) is 18.6. The molecule has 0 saturated carbocycles. The Morgan fingerprint density at radius 3 is 2.60 bits per heavy atom. The Kier molecular flexibility index (Phi) is 7.34. The summed E-state index contributed by atoms with van der Waals surface area (Å²) in [5.41, 5.74) is 1.37.